The van der Waals surface area contributed by atoms with Crippen LogP contribution in [0.4, 0.5) is 0 Å². The number of para-hydroxylation sites is 2. The maximum absolute atomic E-state index is 13.6. The molecule has 1 fully saturated rings. The molecular formula is C30H43BrN4O3. The molecule has 0 bridgehead atoms. The molecule has 1 amide bonds. The van der Waals surface area contributed by atoms with E-state index in [1.54, 1.807) is 0 Å². The minimum Gasteiger partial charge on any atom is -0.375 e. The fourth-order valence-electron chi connectivity index (χ4n) is 4.85. The molecule has 1 saturated heterocycles. The number of hydrogen-bond acceptors (Lipinski definition) is 4. The Bertz CT molecular complexity index is 1240. The Morgan fingerprint density at radius 1 is 0.816 bits per heavy atom. The van der Waals surface area contributed by atoms with E-state index >= 15 is 0 Å². The summed E-state index contributed by atoms with van der Waals surface area (Å²) in [6.45, 7) is 15.6. The Balaban J connectivity index is 0.00000400. The van der Waals surface area contributed by atoms with Crippen molar-refractivity contribution in [2.45, 2.75) is 65.8 Å². The van der Waals surface area contributed by atoms with Gasteiger partial charge in [-0.1, -0.05) is 42.5 Å². The molecule has 0 aliphatic carbocycles. The third-order valence-corrected chi connectivity index (χ3v) is 6.84. The summed E-state index contributed by atoms with van der Waals surface area (Å²) in [5, 5.41) is 8.95. The van der Waals surface area contributed by atoms with Gasteiger partial charge in [0.2, 0.25) is 11.5 Å². The van der Waals surface area contributed by atoms with Crippen molar-refractivity contribution in [1.29, 1.82) is 5.41 Å². The van der Waals surface area contributed by atoms with Crippen molar-refractivity contribution < 1.29 is 14.3 Å². The van der Waals surface area contributed by atoms with Crippen molar-refractivity contribution in [3.8, 4) is 0 Å². The van der Waals surface area contributed by atoms with Crippen molar-refractivity contribution in [3.05, 3.63) is 65.8 Å². The number of fused-ring (bicyclic) bond motifs is 1. The second-order valence-corrected chi connectivity index (χ2v) is 12.1. The van der Waals surface area contributed by atoms with E-state index in [0.29, 0.717) is 38.5 Å². The number of nitrogens with one attached hydrogen (secondary N) is 1. The number of carbonyl (C=O) groups excluding carboxylic acids is 1. The van der Waals surface area contributed by atoms with Gasteiger partial charge in [0.15, 0.2) is 0 Å². The smallest absolute Gasteiger partial charge is 0.242 e. The topological polar surface area (TPSA) is 72.5 Å². The van der Waals surface area contributed by atoms with E-state index in [4.69, 9.17) is 14.9 Å². The Labute approximate surface area is 237 Å². The molecular weight excluding hydrogens is 544 g/mol. The first kappa shape index (κ1) is 30.1. The van der Waals surface area contributed by atoms with Crippen LogP contribution in [-0.2, 0) is 27.4 Å². The van der Waals surface area contributed by atoms with Crippen molar-refractivity contribution in [1.82, 2.24) is 14.0 Å². The number of amides is 1. The summed E-state index contributed by atoms with van der Waals surface area (Å²) in [6.07, 6.45) is 0. The molecule has 0 saturated carbocycles. The Kier molecular flexibility index (Phi) is 9.66. The van der Waals surface area contributed by atoms with Crippen molar-refractivity contribution in [3.63, 3.8) is 0 Å². The zero-order valence-electron chi connectivity index (χ0n) is 23.6. The average Bonchev–Trinajstić information content (AvgIpc) is 3.36. The molecule has 2 aromatic carbocycles. The standard InChI is InChI=1S/C30H42N4O3.BrH/c1-29(2,3)36-20-23-17-32(18-24(23)21-37-30(4,5)6)27(35)19-34-26-15-11-10-14-25(26)33(28(34)31)16-22-12-8-7-9-13-22;/h7-15,23-24,31H,16-21H2,1-6H3;1H/t23-,24+;. The molecule has 2 heterocycles. The highest BCUT2D eigenvalue weighted by atomic mass is 79.9. The molecule has 3 aromatic rings. The molecule has 2 atom stereocenters. The van der Waals surface area contributed by atoms with Crippen LogP contribution < -0.4 is 5.62 Å². The highest BCUT2D eigenvalue weighted by molar-refractivity contribution is 8.93. The third kappa shape index (κ3) is 7.58. The molecule has 4 rings (SSSR count). The Morgan fingerprint density at radius 3 is 1.79 bits per heavy atom. The van der Waals surface area contributed by atoms with Crippen LogP contribution in [-0.4, -0.2) is 57.4 Å². The molecule has 38 heavy (non-hydrogen) atoms. The number of hydrogen-bond donors (Lipinski definition) is 1. The fourth-order valence-corrected chi connectivity index (χ4v) is 4.85. The first-order valence-electron chi connectivity index (χ1n) is 13.2. The van der Waals surface area contributed by atoms with Crippen LogP contribution in [0.15, 0.2) is 54.6 Å². The monoisotopic (exact) mass is 586 g/mol. The number of imidazole rings is 1. The summed E-state index contributed by atoms with van der Waals surface area (Å²) in [7, 11) is 0. The zero-order chi connectivity index (χ0) is 26.8. The number of aromatic nitrogens is 2. The minimum absolute atomic E-state index is 0. The lowest BCUT2D eigenvalue weighted by atomic mass is 9.97. The van der Waals surface area contributed by atoms with Gasteiger partial charge in [0.25, 0.3) is 0 Å². The minimum atomic E-state index is -0.233. The fraction of sp³-hybridized carbons (Fsp3) is 0.533. The second-order valence-electron chi connectivity index (χ2n) is 12.1. The highest BCUT2D eigenvalue weighted by Crippen LogP contribution is 2.28. The molecule has 1 aliphatic heterocycles. The van der Waals surface area contributed by atoms with Gasteiger partial charge in [-0.15, -0.1) is 17.0 Å². The van der Waals surface area contributed by atoms with Gasteiger partial charge < -0.3 is 23.5 Å². The number of benzene rings is 2. The number of nitrogens with zero attached hydrogens (tertiary/aromatic N) is 3. The lowest BCUT2D eigenvalue weighted by Gasteiger charge is -2.27. The Morgan fingerprint density at radius 2 is 1.29 bits per heavy atom. The van der Waals surface area contributed by atoms with Gasteiger partial charge in [-0.3, -0.25) is 10.2 Å². The van der Waals surface area contributed by atoms with Gasteiger partial charge in [0, 0.05) is 24.9 Å². The number of rotatable bonds is 8. The molecule has 0 unspecified atom stereocenters. The number of likely N-dealkylation sites (tertiary alicyclic amines) is 1. The van der Waals surface area contributed by atoms with E-state index in [9.17, 15) is 4.79 Å². The van der Waals surface area contributed by atoms with E-state index in [-0.39, 0.29) is 52.5 Å². The molecule has 0 radical (unpaired) electrons. The molecule has 208 valence electrons. The summed E-state index contributed by atoms with van der Waals surface area (Å²) in [6, 6.07) is 18.1. The summed E-state index contributed by atoms with van der Waals surface area (Å²) in [5.74, 6) is 0.455. The van der Waals surface area contributed by atoms with Gasteiger partial charge in [-0.25, -0.2) is 0 Å². The largest absolute Gasteiger partial charge is 0.375 e. The number of ether oxygens (including phenoxy) is 2. The maximum Gasteiger partial charge on any atom is 0.242 e. The zero-order valence-corrected chi connectivity index (χ0v) is 25.3. The normalized spacial score (nSPS) is 18.1. The summed E-state index contributed by atoms with van der Waals surface area (Å²) in [5.41, 5.74) is 2.85. The lowest BCUT2D eigenvalue weighted by molar-refractivity contribution is -0.131. The van der Waals surface area contributed by atoms with Crippen molar-refractivity contribution in [2.24, 2.45) is 11.8 Å². The maximum atomic E-state index is 13.6. The van der Waals surface area contributed by atoms with E-state index in [1.165, 1.54) is 0 Å². The highest BCUT2D eigenvalue weighted by Gasteiger charge is 2.37. The SMILES string of the molecule is Br.CC(C)(C)OC[C@@H]1CN(C(=O)Cn2c(=N)n(Cc3ccccc3)c3ccccc32)C[C@@H]1COC(C)(C)C. The summed E-state index contributed by atoms with van der Waals surface area (Å²) < 4.78 is 16.1. The van der Waals surface area contributed by atoms with Crippen LogP contribution in [0.25, 0.3) is 11.0 Å². The van der Waals surface area contributed by atoms with Gasteiger partial charge in [0.05, 0.1) is 42.0 Å². The van der Waals surface area contributed by atoms with Crippen molar-refractivity contribution >= 4 is 33.9 Å². The van der Waals surface area contributed by atoms with Gasteiger partial charge in [0.1, 0.15) is 6.54 Å². The van der Waals surface area contributed by atoms with Crippen LogP contribution in [0.3, 0.4) is 0 Å². The molecule has 1 N–H and O–H groups in total. The second kappa shape index (κ2) is 12.2. The van der Waals surface area contributed by atoms with Crippen LogP contribution in [0.2, 0.25) is 0 Å². The predicted octanol–water partition coefficient (Wildman–Crippen LogP) is 5.25. The first-order valence-corrected chi connectivity index (χ1v) is 13.2. The lowest BCUT2D eigenvalue weighted by Crippen LogP contribution is -2.36. The quantitative estimate of drug-likeness (QED) is 0.391. The van der Waals surface area contributed by atoms with E-state index in [2.05, 4.69) is 53.7 Å². The van der Waals surface area contributed by atoms with Crippen LogP contribution in [0.1, 0.15) is 47.1 Å². The molecule has 1 aromatic heterocycles. The third-order valence-electron chi connectivity index (χ3n) is 6.84. The number of halogens is 1. The van der Waals surface area contributed by atoms with Crippen LogP contribution >= 0.6 is 17.0 Å². The van der Waals surface area contributed by atoms with Crippen LogP contribution in [0, 0.1) is 17.2 Å². The van der Waals surface area contributed by atoms with Gasteiger partial charge in [-0.2, -0.15) is 0 Å². The van der Waals surface area contributed by atoms with Gasteiger partial charge in [-0.05, 0) is 59.2 Å². The van der Waals surface area contributed by atoms with E-state index in [0.717, 1.165) is 16.6 Å². The first-order chi connectivity index (χ1) is 17.4. The van der Waals surface area contributed by atoms with Crippen LogP contribution in [0.5, 0.6) is 0 Å². The number of carbonyl (C=O) groups is 1. The van der Waals surface area contributed by atoms with E-state index < -0.39 is 0 Å². The van der Waals surface area contributed by atoms with Crippen molar-refractivity contribution in [2.75, 3.05) is 26.3 Å². The molecule has 8 heteroatoms. The van der Waals surface area contributed by atoms with E-state index in [1.807, 2.05) is 56.5 Å². The van der Waals surface area contributed by atoms with Gasteiger partial charge >= 0.3 is 0 Å². The Hall–Kier alpha value is -2.42. The molecule has 1 aliphatic rings. The average molecular weight is 588 g/mol. The molecule has 7 nitrogen and oxygen atoms in total. The summed E-state index contributed by atoms with van der Waals surface area (Å²) >= 11 is 0. The predicted molar refractivity (Wildman–Crippen MR) is 157 cm³/mol. The summed E-state index contributed by atoms with van der Waals surface area (Å²) in [4.78, 5) is 15.5. The molecule has 0 spiro atoms.